The summed E-state index contributed by atoms with van der Waals surface area (Å²) in [5, 5.41) is 7.18. The summed E-state index contributed by atoms with van der Waals surface area (Å²) >= 11 is 0. The summed E-state index contributed by atoms with van der Waals surface area (Å²) in [6.07, 6.45) is 1.11. The van der Waals surface area contributed by atoms with E-state index in [1.807, 2.05) is 0 Å². The van der Waals surface area contributed by atoms with Crippen molar-refractivity contribution in [1.82, 2.24) is 20.4 Å². The highest BCUT2D eigenvalue weighted by Crippen LogP contribution is 1.97. The Balaban J connectivity index is 2.19. The maximum Gasteiger partial charge on any atom is 0.223 e. The summed E-state index contributed by atoms with van der Waals surface area (Å²) < 4.78 is 4.89. The van der Waals surface area contributed by atoms with E-state index in [9.17, 15) is 0 Å². The van der Waals surface area contributed by atoms with E-state index in [1.165, 1.54) is 0 Å². The van der Waals surface area contributed by atoms with Crippen molar-refractivity contribution in [2.24, 2.45) is 0 Å². The van der Waals surface area contributed by atoms with Gasteiger partial charge in [0.25, 0.3) is 0 Å². The molecule has 5 nitrogen and oxygen atoms in total. The first kappa shape index (κ1) is 12.1. The normalized spacial score (nSPS) is 13.4. The molecule has 1 N–H and O–H groups in total. The van der Waals surface area contributed by atoms with Gasteiger partial charge in [-0.05, 0) is 34.0 Å². The van der Waals surface area contributed by atoms with Gasteiger partial charge < -0.3 is 14.7 Å². The number of hydrogen-bond donors (Lipinski definition) is 1. The molecule has 15 heavy (non-hydrogen) atoms. The molecular weight excluding hydrogens is 192 g/mol. The first-order valence-corrected chi connectivity index (χ1v) is 5.25. The van der Waals surface area contributed by atoms with Crippen molar-refractivity contribution < 1.29 is 4.52 Å². The van der Waals surface area contributed by atoms with Crippen LogP contribution in [0.25, 0.3) is 0 Å². The van der Waals surface area contributed by atoms with Crippen LogP contribution in [0.4, 0.5) is 0 Å². The molecule has 0 radical (unpaired) electrons. The maximum absolute atomic E-state index is 4.89. The molecule has 5 heteroatoms. The molecule has 1 aromatic rings. The number of aryl methyl sites for hydroxylation is 1. The minimum atomic E-state index is 0.464. The molecule has 1 atom stereocenters. The minimum absolute atomic E-state index is 0.464. The molecule has 1 rings (SSSR count). The van der Waals surface area contributed by atoms with E-state index < -0.39 is 0 Å². The van der Waals surface area contributed by atoms with Gasteiger partial charge in [-0.15, -0.1) is 0 Å². The lowest BCUT2D eigenvalue weighted by Crippen LogP contribution is -2.29. The van der Waals surface area contributed by atoms with E-state index in [0.29, 0.717) is 18.5 Å². The third-order valence-electron chi connectivity index (χ3n) is 2.19. The summed E-state index contributed by atoms with van der Waals surface area (Å²) in [4.78, 5) is 6.30. The molecule has 0 bridgehead atoms. The first-order chi connectivity index (χ1) is 7.08. The van der Waals surface area contributed by atoms with Crippen LogP contribution in [-0.2, 0) is 6.54 Å². The molecule has 0 amide bonds. The van der Waals surface area contributed by atoms with Crippen LogP contribution in [0.2, 0.25) is 0 Å². The first-order valence-electron chi connectivity index (χ1n) is 5.25. The molecule has 86 valence electrons. The van der Waals surface area contributed by atoms with Crippen molar-refractivity contribution in [2.45, 2.75) is 32.9 Å². The monoisotopic (exact) mass is 212 g/mol. The third kappa shape index (κ3) is 4.90. The fourth-order valence-corrected chi connectivity index (χ4v) is 1.23. The van der Waals surface area contributed by atoms with Crippen LogP contribution < -0.4 is 5.32 Å². The third-order valence-corrected chi connectivity index (χ3v) is 2.19. The number of rotatable bonds is 6. The SMILES string of the molecule is Cc1nc(CNC(C)CCN(C)C)no1. The van der Waals surface area contributed by atoms with Crippen molar-refractivity contribution in [2.75, 3.05) is 20.6 Å². The number of aromatic nitrogens is 2. The van der Waals surface area contributed by atoms with Crippen LogP contribution in [0.3, 0.4) is 0 Å². The quantitative estimate of drug-likeness (QED) is 0.756. The lowest BCUT2D eigenvalue weighted by atomic mass is 10.2. The van der Waals surface area contributed by atoms with E-state index in [-0.39, 0.29) is 0 Å². The van der Waals surface area contributed by atoms with Crippen molar-refractivity contribution >= 4 is 0 Å². The van der Waals surface area contributed by atoms with E-state index in [2.05, 4.69) is 41.4 Å². The molecule has 0 fully saturated rings. The highest BCUT2D eigenvalue weighted by molar-refractivity contribution is 4.83. The minimum Gasteiger partial charge on any atom is -0.340 e. The van der Waals surface area contributed by atoms with Crippen LogP contribution in [0.15, 0.2) is 4.52 Å². The van der Waals surface area contributed by atoms with E-state index in [0.717, 1.165) is 18.8 Å². The van der Waals surface area contributed by atoms with Gasteiger partial charge >= 0.3 is 0 Å². The molecule has 1 heterocycles. The topological polar surface area (TPSA) is 54.2 Å². The van der Waals surface area contributed by atoms with Gasteiger partial charge in [0.1, 0.15) is 0 Å². The smallest absolute Gasteiger partial charge is 0.223 e. The fraction of sp³-hybridized carbons (Fsp3) is 0.800. The largest absolute Gasteiger partial charge is 0.340 e. The standard InChI is InChI=1S/C10H20N4O/c1-8(5-6-14(3)4)11-7-10-12-9(2)15-13-10/h8,11H,5-7H2,1-4H3. The van der Waals surface area contributed by atoms with Crippen LogP contribution in [-0.4, -0.2) is 41.7 Å². The van der Waals surface area contributed by atoms with Crippen molar-refractivity contribution in [3.63, 3.8) is 0 Å². The number of hydrogen-bond acceptors (Lipinski definition) is 5. The molecule has 0 aliphatic carbocycles. The predicted octanol–water partition coefficient (Wildman–Crippen LogP) is 0.808. The van der Waals surface area contributed by atoms with Gasteiger partial charge in [0.2, 0.25) is 5.89 Å². The zero-order chi connectivity index (χ0) is 11.3. The second-order valence-electron chi connectivity index (χ2n) is 4.10. The molecular formula is C10H20N4O. The van der Waals surface area contributed by atoms with Crippen molar-refractivity contribution in [3.05, 3.63) is 11.7 Å². The van der Waals surface area contributed by atoms with E-state index >= 15 is 0 Å². The molecule has 0 aliphatic rings. The Bertz CT molecular complexity index is 285. The Morgan fingerprint density at radius 3 is 2.73 bits per heavy atom. The molecule has 0 saturated heterocycles. The van der Waals surface area contributed by atoms with Crippen LogP contribution in [0, 0.1) is 6.92 Å². The van der Waals surface area contributed by atoms with Gasteiger partial charge in [-0.2, -0.15) is 4.98 Å². The van der Waals surface area contributed by atoms with Gasteiger partial charge in [0.15, 0.2) is 5.82 Å². The van der Waals surface area contributed by atoms with Crippen molar-refractivity contribution in [1.29, 1.82) is 0 Å². The molecule has 0 aromatic carbocycles. The van der Waals surface area contributed by atoms with Crippen LogP contribution in [0.5, 0.6) is 0 Å². The Morgan fingerprint density at radius 1 is 1.47 bits per heavy atom. The second kappa shape index (κ2) is 5.82. The Hall–Kier alpha value is -0.940. The van der Waals surface area contributed by atoms with E-state index in [4.69, 9.17) is 4.52 Å². The summed E-state index contributed by atoms with van der Waals surface area (Å²) in [5.74, 6) is 1.34. The zero-order valence-corrected chi connectivity index (χ0v) is 9.95. The van der Waals surface area contributed by atoms with Gasteiger partial charge in [0, 0.05) is 13.0 Å². The van der Waals surface area contributed by atoms with Gasteiger partial charge in [-0.3, -0.25) is 0 Å². The van der Waals surface area contributed by atoms with Gasteiger partial charge in [-0.1, -0.05) is 5.16 Å². The zero-order valence-electron chi connectivity index (χ0n) is 9.95. The molecule has 0 spiro atoms. The molecule has 1 unspecified atom stereocenters. The second-order valence-corrected chi connectivity index (χ2v) is 4.10. The molecule has 0 aliphatic heterocycles. The number of nitrogens with one attached hydrogen (secondary N) is 1. The van der Waals surface area contributed by atoms with Crippen molar-refractivity contribution in [3.8, 4) is 0 Å². The predicted molar refractivity (Wildman–Crippen MR) is 58.5 cm³/mol. The average Bonchev–Trinajstić information content (AvgIpc) is 2.58. The Morgan fingerprint density at radius 2 is 2.20 bits per heavy atom. The lowest BCUT2D eigenvalue weighted by molar-refractivity contribution is 0.359. The van der Waals surface area contributed by atoms with E-state index in [1.54, 1.807) is 6.92 Å². The molecule has 0 saturated carbocycles. The highest BCUT2D eigenvalue weighted by Gasteiger charge is 2.05. The van der Waals surface area contributed by atoms with Gasteiger partial charge in [-0.25, -0.2) is 0 Å². The summed E-state index contributed by atoms with van der Waals surface area (Å²) in [7, 11) is 4.16. The van der Waals surface area contributed by atoms with Gasteiger partial charge in [0.05, 0.1) is 6.54 Å². The van der Waals surface area contributed by atoms with Crippen LogP contribution in [0.1, 0.15) is 25.1 Å². The number of nitrogens with zero attached hydrogens (tertiary/aromatic N) is 3. The lowest BCUT2D eigenvalue weighted by Gasteiger charge is -2.15. The summed E-state index contributed by atoms with van der Waals surface area (Å²) in [6, 6.07) is 0.464. The molecule has 1 aromatic heterocycles. The summed E-state index contributed by atoms with van der Waals surface area (Å²) in [5.41, 5.74) is 0. The highest BCUT2D eigenvalue weighted by atomic mass is 16.5. The average molecular weight is 212 g/mol. The fourth-order valence-electron chi connectivity index (χ4n) is 1.23. The Kier molecular flexibility index (Phi) is 4.71. The van der Waals surface area contributed by atoms with Crippen LogP contribution >= 0.6 is 0 Å². The Labute approximate surface area is 90.8 Å². The maximum atomic E-state index is 4.89. The summed E-state index contributed by atoms with van der Waals surface area (Å²) in [6.45, 7) is 5.72.